The number of fused-ring (bicyclic) bond motifs is 1. The second-order valence-corrected chi connectivity index (χ2v) is 7.10. The summed E-state index contributed by atoms with van der Waals surface area (Å²) in [7, 11) is 0. The quantitative estimate of drug-likeness (QED) is 0.943. The summed E-state index contributed by atoms with van der Waals surface area (Å²) in [6.07, 6.45) is 2.68. The van der Waals surface area contributed by atoms with E-state index in [1.165, 1.54) is 0 Å². The van der Waals surface area contributed by atoms with Gasteiger partial charge in [0.05, 0.1) is 29.0 Å². The maximum atomic E-state index is 12.4. The molecule has 6 nitrogen and oxygen atoms in total. The highest BCUT2D eigenvalue weighted by atomic mass is 16.4. The first kappa shape index (κ1) is 15.5. The Morgan fingerprint density at radius 3 is 2.65 bits per heavy atom. The van der Waals surface area contributed by atoms with Crippen LogP contribution in [0.1, 0.15) is 37.6 Å². The minimum Gasteiger partial charge on any atom is -0.478 e. The lowest BCUT2D eigenvalue weighted by molar-refractivity contribution is -0.148. The summed E-state index contributed by atoms with van der Waals surface area (Å²) in [6.45, 7) is 7.21. The minimum atomic E-state index is -0.951. The van der Waals surface area contributed by atoms with E-state index >= 15 is 0 Å². The molecular weight excluding hydrogens is 294 g/mol. The Labute approximate surface area is 134 Å². The smallest absolute Gasteiger partial charge is 0.335 e. The van der Waals surface area contributed by atoms with Gasteiger partial charge in [0.1, 0.15) is 0 Å². The maximum Gasteiger partial charge on any atom is 0.335 e. The zero-order valence-electron chi connectivity index (χ0n) is 13.6. The third-order valence-electron chi connectivity index (χ3n) is 4.32. The average molecular weight is 315 g/mol. The van der Waals surface area contributed by atoms with E-state index in [4.69, 9.17) is 5.11 Å². The Bertz CT molecular complexity index is 773. The Kier molecular flexibility index (Phi) is 3.62. The number of likely N-dealkylation sites (tertiary alicyclic amines) is 1. The van der Waals surface area contributed by atoms with E-state index < -0.39 is 5.97 Å². The van der Waals surface area contributed by atoms with E-state index in [-0.39, 0.29) is 22.9 Å². The lowest BCUT2D eigenvalue weighted by Gasteiger charge is -2.44. The maximum absolute atomic E-state index is 12.4. The molecule has 0 bridgehead atoms. The van der Waals surface area contributed by atoms with Crippen molar-refractivity contribution >= 4 is 22.9 Å². The molecule has 0 radical (unpaired) electrons. The molecule has 0 saturated carbocycles. The topological polar surface area (TPSA) is 75.4 Å². The van der Waals surface area contributed by atoms with Crippen LogP contribution in [0.2, 0.25) is 0 Å². The van der Waals surface area contributed by atoms with E-state index in [1.807, 2.05) is 30.2 Å². The van der Waals surface area contributed by atoms with Crippen LogP contribution in [0.3, 0.4) is 0 Å². The zero-order chi connectivity index (χ0) is 16.8. The molecule has 1 atom stereocenters. The van der Waals surface area contributed by atoms with Crippen LogP contribution in [0, 0.1) is 5.41 Å². The van der Waals surface area contributed by atoms with Crippen molar-refractivity contribution in [2.45, 2.75) is 39.8 Å². The third kappa shape index (κ3) is 2.81. The van der Waals surface area contributed by atoms with Crippen molar-refractivity contribution in [1.29, 1.82) is 0 Å². The van der Waals surface area contributed by atoms with Gasteiger partial charge < -0.3 is 14.6 Å². The molecule has 1 N–H and O–H groups in total. The van der Waals surface area contributed by atoms with Gasteiger partial charge in [-0.3, -0.25) is 4.79 Å². The number of aromatic nitrogens is 2. The van der Waals surface area contributed by atoms with Gasteiger partial charge in [0, 0.05) is 18.5 Å². The molecule has 3 rings (SSSR count). The molecular formula is C17H21N3O3. The molecule has 0 aliphatic carbocycles. The number of carbonyl (C=O) groups is 2. The SMILES string of the molecule is CC(C)(C)C(=O)N1CC[C@@H]1Cn1cnc2ccc(C(=O)O)cc21. The number of nitrogens with zero attached hydrogens (tertiary/aromatic N) is 3. The molecule has 1 aliphatic heterocycles. The molecule has 0 spiro atoms. The average Bonchev–Trinajstić information content (AvgIpc) is 2.84. The number of aromatic carboxylic acids is 1. The van der Waals surface area contributed by atoms with Gasteiger partial charge in [0.25, 0.3) is 0 Å². The van der Waals surface area contributed by atoms with Gasteiger partial charge in [0.15, 0.2) is 0 Å². The molecule has 122 valence electrons. The number of carboxylic acid groups (broad SMARTS) is 1. The molecule has 1 aromatic carbocycles. The summed E-state index contributed by atoms with van der Waals surface area (Å²) in [6, 6.07) is 5.06. The van der Waals surface area contributed by atoms with Crippen LogP contribution >= 0.6 is 0 Å². The Morgan fingerprint density at radius 1 is 1.35 bits per heavy atom. The van der Waals surface area contributed by atoms with Crippen molar-refractivity contribution in [3.8, 4) is 0 Å². The number of carboxylic acids is 1. The predicted molar refractivity (Wildman–Crippen MR) is 86.3 cm³/mol. The number of imidazole rings is 1. The van der Waals surface area contributed by atoms with Crippen molar-refractivity contribution in [1.82, 2.24) is 14.5 Å². The van der Waals surface area contributed by atoms with Crippen LogP contribution in [-0.2, 0) is 11.3 Å². The van der Waals surface area contributed by atoms with Gasteiger partial charge in [-0.2, -0.15) is 0 Å². The Balaban J connectivity index is 1.83. The highest BCUT2D eigenvalue weighted by Gasteiger charge is 2.37. The molecule has 6 heteroatoms. The van der Waals surface area contributed by atoms with Crippen LogP contribution in [0.25, 0.3) is 11.0 Å². The fourth-order valence-electron chi connectivity index (χ4n) is 2.89. The summed E-state index contributed by atoms with van der Waals surface area (Å²) in [5.74, 6) is -0.794. The molecule has 2 heterocycles. The first-order valence-electron chi connectivity index (χ1n) is 7.76. The fourth-order valence-corrected chi connectivity index (χ4v) is 2.89. The van der Waals surface area contributed by atoms with Gasteiger partial charge in [0.2, 0.25) is 5.91 Å². The molecule has 1 fully saturated rings. The van der Waals surface area contributed by atoms with Crippen molar-refractivity contribution in [3.63, 3.8) is 0 Å². The summed E-state index contributed by atoms with van der Waals surface area (Å²) in [5.41, 5.74) is 1.42. The van der Waals surface area contributed by atoms with Gasteiger partial charge in [-0.1, -0.05) is 20.8 Å². The summed E-state index contributed by atoms with van der Waals surface area (Å²) in [4.78, 5) is 29.8. The van der Waals surface area contributed by atoms with Gasteiger partial charge in [-0.15, -0.1) is 0 Å². The number of benzene rings is 1. The summed E-state index contributed by atoms with van der Waals surface area (Å²) in [5, 5.41) is 9.13. The normalized spacial score (nSPS) is 18.0. The molecule has 1 saturated heterocycles. The lowest BCUT2D eigenvalue weighted by atomic mass is 9.90. The summed E-state index contributed by atoms with van der Waals surface area (Å²) < 4.78 is 1.94. The molecule has 1 aliphatic rings. The zero-order valence-corrected chi connectivity index (χ0v) is 13.6. The number of hydrogen-bond acceptors (Lipinski definition) is 3. The molecule has 1 aromatic heterocycles. The van der Waals surface area contributed by atoms with E-state index in [0.717, 1.165) is 24.0 Å². The van der Waals surface area contributed by atoms with E-state index in [1.54, 1.807) is 24.5 Å². The highest BCUT2D eigenvalue weighted by Crippen LogP contribution is 2.28. The van der Waals surface area contributed by atoms with Crippen molar-refractivity contribution in [2.75, 3.05) is 6.54 Å². The number of amides is 1. The second kappa shape index (κ2) is 5.37. The van der Waals surface area contributed by atoms with Gasteiger partial charge in [-0.25, -0.2) is 9.78 Å². The molecule has 0 unspecified atom stereocenters. The first-order chi connectivity index (χ1) is 10.8. The van der Waals surface area contributed by atoms with Crippen molar-refractivity contribution in [3.05, 3.63) is 30.1 Å². The van der Waals surface area contributed by atoms with Crippen molar-refractivity contribution in [2.24, 2.45) is 5.41 Å². The number of rotatable bonds is 3. The standard InChI is InChI=1S/C17H21N3O3/c1-17(2,3)16(23)20-7-6-12(20)9-19-10-18-13-5-4-11(15(21)22)8-14(13)19/h4-5,8,10,12H,6-7,9H2,1-3H3,(H,21,22)/t12-/m1/s1. The Morgan fingerprint density at radius 2 is 2.09 bits per heavy atom. The fraction of sp³-hybridized carbons (Fsp3) is 0.471. The minimum absolute atomic E-state index is 0.146. The van der Waals surface area contributed by atoms with Crippen molar-refractivity contribution < 1.29 is 14.7 Å². The van der Waals surface area contributed by atoms with Crippen LogP contribution < -0.4 is 0 Å². The van der Waals surface area contributed by atoms with Gasteiger partial charge in [-0.05, 0) is 24.6 Å². The van der Waals surface area contributed by atoms with Crippen LogP contribution in [0.4, 0.5) is 0 Å². The first-order valence-corrected chi connectivity index (χ1v) is 7.76. The van der Waals surface area contributed by atoms with Crippen LogP contribution in [0.15, 0.2) is 24.5 Å². The van der Waals surface area contributed by atoms with Gasteiger partial charge >= 0.3 is 5.97 Å². The third-order valence-corrected chi connectivity index (χ3v) is 4.32. The predicted octanol–water partition coefficient (Wildman–Crippen LogP) is 2.38. The second-order valence-electron chi connectivity index (χ2n) is 7.10. The van der Waals surface area contributed by atoms with E-state index in [0.29, 0.717) is 6.54 Å². The van der Waals surface area contributed by atoms with Crippen LogP contribution in [-0.4, -0.2) is 44.0 Å². The number of hydrogen-bond donors (Lipinski definition) is 1. The lowest BCUT2D eigenvalue weighted by Crippen LogP contribution is -2.56. The largest absolute Gasteiger partial charge is 0.478 e. The number of carbonyl (C=O) groups excluding carboxylic acids is 1. The van der Waals surface area contributed by atoms with Crippen LogP contribution in [0.5, 0.6) is 0 Å². The monoisotopic (exact) mass is 315 g/mol. The Hall–Kier alpha value is -2.37. The molecule has 1 amide bonds. The molecule has 2 aromatic rings. The highest BCUT2D eigenvalue weighted by molar-refractivity contribution is 5.92. The summed E-state index contributed by atoms with van der Waals surface area (Å²) >= 11 is 0. The van der Waals surface area contributed by atoms with E-state index in [9.17, 15) is 9.59 Å². The molecule has 23 heavy (non-hydrogen) atoms. The van der Waals surface area contributed by atoms with E-state index in [2.05, 4.69) is 4.98 Å².